The van der Waals surface area contributed by atoms with Crippen molar-refractivity contribution in [2.24, 2.45) is 0 Å². The van der Waals surface area contributed by atoms with Gasteiger partial charge in [0.25, 0.3) is 0 Å². The van der Waals surface area contributed by atoms with Crippen LogP contribution in [0.4, 0.5) is 4.39 Å². The summed E-state index contributed by atoms with van der Waals surface area (Å²) in [6.45, 7) is 0. The molecule has 3 aromatic rings. The van der Waals surface area contributed by atoms with Crippen LogP contribution in [0.2, 0.25) is 0 Å². The minimum Gasteiger partial charge on any atom is -0.507 e. The standard InChI is InChI=1S/C19H17FN6O2/c20-19-15-4-1-11(23-15)7-17(19)28-18-6-5-14(24-25-18)13-3-2-12(8-16(13)27)26-9-21-22-10-26/h1-6,8-11,15,17,19,23,27H,7H2/t11?,15?,17-,19+/m0/s1. The Morgan fingerprint density at radius 2 is 1.96 bits per heavy atom. The van der Waals surface area contributed by atoms with Crippen molar-refractivity contribution >= 4 is 0 Å². The number of fused-ring (bicyclic) bond motifs is 2. The zero-order chi connectivity index (χ0) is 19.1. The topological polar surface area (TPSA) is 98.0 Å². The predicted octanol–water partition coefficient (Wildman–Crippen LogP) is 1.82. The average Bonchev–Trinajstić information content (AvgIpc) is 3.37. The van der Waals surface area contributed by atoms with Gasteiger partial charge < -0.3 is 15.2 Å². The molecule has 0 amide bonds. The fraction of sp³-hybridized carbons (Fsp3) is 0.263. The zero-order valence-corrected chi connectivity index (χ0v) is 14.7. The first-order valence-electron chi connectivity index (χ1n) is 8.94. The van der Waals surface area contributed by atoms with E-state index in [1.54, 1.807) is 41.5 Å². The van der Waals surface area contributed by atoms with E-state index in [2.05, 4.69) is 25.7 Å². The van der Waals surface area contributed by atoms with Gasteiger partial charge in [-0.1, -0.05) is 12.2 Å². The van der Waals surface area contributed by atoms with Crippen molar-refractivity contribution in [3.63, 3.8) is 0 Å². The Bertz CT molecular complexity index is 1010. The number of aromatic nitrogens is 5. The van der Waals surface area contributed by atoms with Gasteiger partial charge in [-0.2, -0.15) is 0 Å². The van der Waals surface area contributed by atoms with Crippen LogP contribution in [0.5, 0.6) is 11.6 Å². The number of piperidine rings is 1. The molecular weight excluding hydrogens is 363 g/mol. The van der Waals surface area contributed by atoms with Crippen LogP contribution >= 0.6 is 0 Å². The van der Waals surface area contributed by atoms with Crippen LogP contribution in [0.1, 0.15) is 6.42 Å². The first kappa shape index (κ1) is 16.8. The van der Waals surface area contributed by atoms with Gasteiger partial charge in [-0.3, -0.25) is 4.57 Å². The summed E-state index contributed by atoms with van der Waals surface area (Å²) in [5.74, 6) is 0.317. The molecule has 1 fully saturated rings. The zero-order valence-electron chi connectivity index (χ0n) is 14.7. The highest BCUT2D eigenvalue weighted by Crippen LogP contribution is 2.31. The van der Waals surface area contributed by atoms with Gasteiger partial charge in [0.2, 0.25) is 5.88 Å². The molecule has 1 saturated heterocycles. The first-order valence-corrected chi connectivity index (χ1v) is 8.94. The molecule has 2 aromatic heterocycles. The van der Waals surface area contributed by atoms with E-state index in [9.17, 15) is 9.50 Å². The Morgan fingerprint density at radius 3 is 2.71 bits per heavy atom. The molecule has 2 unspecified atom stereocenters. The number of hydrogen-bond donors (Lipinski definition) is 2. The molecule has 1 aromatic carbocycles. The Hall–Kier alpha value is -3.33. The van der Waals surface area contributed by atoms with Gasteiger partial charge in [0.05, 0.1) is 17.4 Å². The number of halogens is 1. The highest BCUT2D eigenvalue weighted by molar-refractivity contribution is 5.68. The number of rotatable bonds is 4. The number of ether oxygens (including phenoxy) is 1. The molecule has 2 aliphatic heterocycles. The molecule has 142 valence electrons. The van der Waals surface area contributed by atoms with E-state index in [4.69, 9.17) is 4.74 Å². The van der Waals surface area contributed by atoms with Gasteiger partial charge in [-0.05, 0) is 18.2 Å². The van der Waals surface area contributed by atoms with Crippen molar-refractivity contribution in [3.05, 3.63) is 55.1 Å². The third kappa shape index (κ3) is 2.99. The minimum atomic E-state index is -1.13. The number of alkyl halides is 1. The first-order chi connectivity index (χ1) is 13.7. The lowest BCUT2D eigenvalue weighted by Gasteiger charge is -2.32. The number of hydrogen-bond acceptors (Lipinski definition) is 7. The van der Waals surface area contributed by atoms with E-state index < -0.39 is 12.3 Å². The van der Waals surface area contributed by atoms with Gasteiger partial charge in [0.1, 0.15) is 24.5 Å². The van der Waals surface area contributed by atoms with Crippen LogP contribution in [-0.4, -0.2) is 54.4 Å². The maximum Gasteiger partial charge on any atom is 0.233 e. The summed E-state index contributed by atoms with van der Waals surface area (Å²) in [6.07, 6.45) is 5.75. The number of nitrogens with zero attached hydrogens (tertiary/aromatic N) is 5. The molecule has 28 heavy (non-hydrogen) atoms. The molecule has 8 nitrogen and oxygen atoms in total. The van der Waals surface area contributed by atoms with Crippen molar-refractivity contribution in [1.82, 2.24) is 30.3 Å². The second kappa shape index (κ2) is 6.68. The largest absolute Gasteiger partial charge is 0.507 e. The van der Waals surface area contributed by atoms with Crippen LogP contribution in [0.3, 0.4) is 0 Å². The van der Waals surface area contributed by atoms with Crippen molar-refractivity contribution in [2.45, 2.75) is 30.8 Å². The SMILES string of the molecule is Oc1cc(-n2cnnc2)ccc1-c1ccc(O[C@H]2CC3C=CC(N3)[C@H]2F)nn1. The van der Waals surface area contributed by atoms with E-state index in [1.165, 1.54) is 0 Å². The molecule has 9 heteroatoms. The number of aromatic hydroxyl groups is 1. The average molecular weight is 380 g/mol. The number of benzene rings is 1. The van der Waals surface area contributed by atoms with Gasteiger partial charge in [0.15, 0.2) is 6.17 Å². The Morgan fingerprint density at radius 1 is 1.11 bits per heavy atom. The third-order valence-corrected chi connectivity index (χ3v) is 5.03. The Kier molecular flexibility index (Phi) is 4.01. The number of phenolic OH excluding ortho intramolecular Hbond substituents is 1. The third-order valence-electron chi connectivity index (χ3n) is 5.03. The van der Waals surface area contributed by atoms with Gasteiger partial charge in [0, 0.05) is 30.2 Å². The van der Waals surface area contributed by atoms with Gasteiger partial charge >= 0.3 is 0 Å². The fourth-order valence-corrected chi connectivity index (χ4v) is 3.59. The molecule has 2 bridgehead atoms. The summed E-state index contributed by atoms with van der Waals surface area (Å²) in [6, 6.07) is 8.30. The van der Waals surface area contributed by atoms with Crippen LogP contribution in [0.15, 0.2) is 55.1 Å². The smallest absolute Gasteiger partial charge is 0.233 e. The molecule has 4 heterocycles. The summed E-state index contributed by atoms with van der Waals surface area (Å²) in [5, 5.41) is 29.2. The monoisotopic (exact) mass is 380 g/mol. The van der Waals surface area contributed by atoms with E-state index in [-0.39, 0.29) is 23.7 Å². The summed E-state index contributed by atoms with van der Waals surface area (Å²) in [5.41, 5.74) is 1.75. The minimum absolute atomic E-state index is 0.0546. The molecule has 0 radical (unpaired) electrons. The highest BCUT2D eigenvalue weighted by atomic mass is 19.1. The normalized spacial score (nSPS) is 25.8. The maximum absolute atomic E-state index is 14.4. The van der Waals surface area contributed by atoms with Gasteiger partial charge in [-0.25, -0.2) is 4.39 Å². The van der Waals surface area contributed by atoms with Crippen LogP contribution in [0, 0.1) is 0 Å². The lowest BCUT2D eigenvalue weighted by molar-refractivity contribution is 0.0475. The molecule has 0 aliphatic carbocycles. The summed E-state index contributed by atoms with van der Waals surface area (Å²) in [4.78, 5) is 0. The van der Waals surface area contributed by atoms with Crippen molar-refractivity contribution < 1.29 is 14.2 Å². The van der Waals surface area contributed by atoms with Crippen LogP contribution in [-0.2, 0) is 0 Å². The van der Waals surface area contributed by atoms with E-state index in [0.717, 1.165) is 5.69 Å². The molecule has 2 N–H and O–H groups in total. The summed E-state index contributed by atoms with van der Waals surface area (Å²) in [7, 11) is 0. The molecular formula is C19H17FN6O2. The second-order valence-electron chi connectivity index (χ2n) is 6.85. The fourth-order valence-electron chi connectivity index (χ4n) is 3.59. The lowest BCUT2D eigenvalue weighted by Crippen LogP contribution is -2.52. The molecule has 0 spiro atoms. The second-order valence-corrected chi connectivity index (χ2v) is 6.85. The predicted molar refractivity (Wildman–Crippen MR) is 97.8 cm³/mol. The molecule has 0 saturated carbocycles. The Labute approximate surface area is 159 Å². The van der Waals surface area contributed by atoms with Crippen molar-refractivity contribution in [1.29, 1.82) is 0 Å². The molecule has 2 aliphatic rings. The number of nitrogens with one attached hydrogen (secondary N) is 1. The maximum atomic E-state index is 14.4. The van der Waals surface area contributed by atoms with Crippen molar-refractivity contribution in [2.75, 3.05) is 0 Å². The quantitative estimate of drug-likeness (QED) is 0.666. The summed E-state index contributed by atoms with van der Waals surface area (Å²) < 4.78 is 21.9. The lowest BCUT2D eigenvalue weighted by atomic mass is 9.99. The van der Waals surface area contributed by atoms with E-state index >= 15 is 0 Å². The summed E-state index contributed by atoms with van der Waals surface area (Å²) >= 11 is 0. The van der Waals surface area contributed by atoms with Crippen LogP contribution in [0.25, 0.3) is 16.9 Å². The van der Waals surface area contributed by atoms with Gasteiger partial charge in [-0.15, -0.1) is 20.4 Å². The highest BCUT2D eigenvalue weighted by Gasteiger charge is 2.40. The molecule has 5 rings (SSSR count). The molecule has 4 atom stereocenters. The van der Waals surface area contributed by atoms with Crippen LogP contribution < -0.4 is 10.1 Å². The van der Waals surface area contributed by atoms with Crippen molar-refractivity contribution in [3.8, 4) is 28.6 Å². The van der Waals surface area contributed by atoms with E-state index in [0.29, 0.717) is 17.7 Å². The van der Waals surface area contributed by atoms with E-state index in [1.807, 2.05) is 18.2 Å². The Balaban J connectivity index is 1.33. The number of phenols is 1.